The fourth-order valence-corrected chi connectivity index (χ4v) is 5.60. The van der Waals surface area contributed by atoms with Gasteiger partial charge in [0, 0.05) is 41.2 Å². The number of anilines is 3. The van der Waals surface area contributed by atoms with Gasteiger partial charge in [0.25, 0.3) is 0 Å². The van der Waals surface area contributed by atoms with E-state index in [2.05, 4.69) is 20.6 Å². The molecule has 0 spiro atoms. The van der Waals surface area contributed by atoms with Crippen molar-refractivity contribution in [3.05, 3.63) is 35.9 Å². The van der Waals surface area contributed by atoms with E-state index >= 15 is 4.39 Å². The molecule has 1 fully saturated rings. The van der Waals surface area contributed by atoms with Gasteiger partial charge in [-0.1, -0.05) is 6.92 Å². The van der Waals surface area contributed by atoms with Crippen LogP contribution in [0.1, 0.15) is 67.4 Å². The molecule has 3 atom stereocenters. The molecule has 14 heteroatoms. The lowest BCUT2D eigenvalue weighted by molar-refractivity contribution is -0.153. The first-order valence-corrected chi connectivity index (χ1v) is 15.7. The van der Waals surface area contributed by atoms with Gasteiger partial charge in [0.15, 0.2) is 5.82 Å². The Morgan fingerprint density at radius 1 is 1.02 bits per heavy atom. The quantitative estimate of drug-likeness (QED) is 0.249. The molecular weight excluding hydrogens is 625 g/mol. The fraction of sp³-hybridized carbons (Fsp3) is 0.500. The second-order valence-electron chi connectivity index (χ2n) is 14.4. The molecule has 3 N–H and O–H groups in total. The number of hydrogen-bond acceptors (Lipinski definition) is 10. The van der Waals surface area contributed by atoms with E-state index in [0.717, 1.165) is 0 Å². The minimum absolute atomic E-state index is 0.0429. The summed E-state index contributed by atoms with van der Waals surface area (Å²) in [5, 5.41) is 16.0. The Morgan fingerprint density at radius 3 is 2.33 bits per heavy atom. The summed E-state index contributed by atoms with van der Waals surface area (Å²) < 4.78 is 38.8. The number of carbonyl (C=O) groups excluding carboxylic acids is 3. The van der Waals surface area contributed by atoms with E-state index in [4.69, 9.17) is 18.9 Å². The van der Waals surface area contributed by atoms with Crippen molar-refractivity contribution in [3.8, 4) is 17.0 Å². The van der Waals surface area contributed by atoms with Crippen LogP contribution in [0.3, 0.4) is 0 Å². The van der Waals surface area contributed by atoms with E-state index < -0.39 is 47.0 Å². The maximum Gasteiger partial charge on any atom is 0.415 e. The summed E-state index contributed by atoms with van der Waals surface area (Å²) in [7, 11) is 0. The van der Waals surface area contributed by atoms with Crippen molar-refractivity contribution < 1.29 is 42.8 Å². The number of hydrogen-bond donors (Lipinski definition) is 3. The van der Waals surface area contributed by atoms with Crippen LogP contribution in [-0.4, -0.2) is 69.4 Å². The summed E-state index contributed by atoms with van der Waals surface area (Å²) in [5.41, 5.74) is -1.57. The lowest BCUT2D eigenvalue weighted by Crippen LogP contribution is -2.55. The summed E-state index contributed by atoms with van der Waals surface area (Å²) in [4.78, 5) is 48.9. The largest absolute Gasteiger partial charge is 0.474 e. The second kappa shape index (κ2) is 12.4. The third kappa shape index (κ3) is 7.23. The third-order valence-electron chi connectivity index (χ3n) is 8.23. The van der Waals surface area contributed by atoms with Gasteiger partial charge in [0.1, 0.15) is 35.4 Å². The van der Waals surface area contributed by atoms with Crippen LogP contribution in [0, 0.1) is 18.7 Å². The predicted octanol–water partition coefficient (Wildman–Crippen LogP) is 6.93. The summed E-state index contributed by atoms with van der Waals surface area (Å²) in [6.45, 7) is 15.9. The number of ether oxygens (including phenoxy) is 4. The molecule has 3 amide bonds. The highest BCUT2D eigenvalue weighted by Crippen LogP contribution is 2.43. The van der Waals surface area contributed by atoms with E-state index in [1.54, 1.807) is 62.3 Å². The summed E-state index contributed by atoms with van der Waals surface area (Å²) in [5.74, 6) is -0.744. The van der Waals surface area contributed by atoms with Gasteiger partial charge in [-0.05, 0) is 78.5 Å². The second-order valence-corrected chi connectivity index (χ2v) is 14.4. The number of rotatable bonds is 4. The molecular formula is C34H42FN5O8. The minimum Gasteiger partial charge on any atom is -0.474 e. The first-order chi connectivity index (χ1) is 22.2. The normalized spacial score (nSPS) is 20.6. The fourth-order valence-electron chi connectivity index (χ4n) is 5.60. The van der Waals surface area contributed by atoms with E-state index in [9.17, 15) is 19.5 Å². The van der Waals surface area contributed by atoms with Gasteiger partial charge in [0.05, 0.1) is 17.8 Å². The zero-order valence-electron chi connectivity index (χ0n) is 28.6. The van der Waals surface area contributed by atoms with Crippen molar-refractivity contribution >= 4 is 46.2 Å². The van der Waals surface area contributed by atoms with E-state index in [1.165, 1.54) is 29.4 Å². The van der Waals surface area contributed by atoms with Gasteiger partial charge in [0.2, 0.25) is 5.88 Å². The van der Waals surface area contributed by atoms with Crippen LogP contribution in [0.25, 0.3) is 21.9 Å². The molecule has 0 bridgehead atoms. The number of benzene rings is 1. The predicted molar refractivity (Wildman–Crippen MR) is 177 cm³/mol. The Bertz CT molecular complexity index is 1780. The Labute approximate surface area is 278 Å². The summed E-state index contributed by atoms with van der Waals surface area (Å²) in [6.07, 6.45) is 0.336. The van der Waals surface area contributed by atoms with Crippen molar-refractivity contribution in [2.45, 2.75) is 91.6 Å². The lowest BCUT2D eigenvalue weighted by atomic mass is 9.69. The number of nitrogens with one attached hydrogen (secondary N) is 2. The maximum absolute atomic E-state index is 16.6. The monoisotopic (exact) mass is 667 g/mol. The Kier molecular flexibility index (Phi) is 8.93. The molecule has 1 aliphatic heterocycles. The molecule has 2 aliphatic rings. The zero-order chi connectivity index (χ0) is 35.3. The highest BCUT2D eigenvalue weighted by Gasteiger charge is 2.49. The summed E-state index contributed by atoms with van der Waals surface area (Å²) >= 11 is 0. The van der Waals surface area contributed by atoms with Gasteiger partial charge in [-0.15, -0.1) is 0 Å². The number of halogens is 1. The summed E-state index contributed by atoms with van der Waals surface area (Å²) in [6, 6.07) is 3.05. The number of carbonyl (C=O) groups is 3. The van der Waals surface area contributed by atoms with Crippen LogP contribution in [0.2, 0.25) is 0 Å². The van der Waals surface area contributed by atoms with Gasteiger partial charge >= 0.3 is 18.3 Å². The van der Waals surface area contributed by atoms with E-state index in [1.807, 2.05) is 0 Å². The molecule has 0 saturated heterocycles. The molecule has 1 aromatic carbocycles. The number of fused-ring (bicyclic) bond motifs is 2. The molecule has 258 valence electrons. The molecule has 1 aliphatic carbocycles. The smallest absolute Gasteiger partial charge is 0.415 e. The van der Waals surface area contributed by atoms with E-state index in [-0.39, 0.29) is 47.4 Å². The Hall–Kier alpha value is -4.72. The van der Waals surface area contributed by atoms with Gasteiger partial charge < -0.3 is 24.1 Å². The molecule has 5 rings (SSSR count). The molecule has 2 aromatic heterocycles. The zero-order valence-corrected chi connectivity index (χ0v) is 28.6. The first kappa shape index (κ1) is 34.6. The molecule has 13 nitrogen and oxygen atoms in total. The van der Waals surface area contributed by atoms with Gasteiger partial charge in [-0.2, -0.15) is 0 Å². The van der Waals surface area contributed by atoms with Crippen molar-refractivity contribution in [3.63, 3.8) is 0 Å². The molecule has 3 aromatic rings. The van der Waals surface area contributed by atoms with Crippen LogP contribution >= 0.6 is 0 Å². The highest BCUT2D eigenvalue weighted by molar-refractivity contribution is 6.05. The van der Waals surface area contributed by atoms with Crippen molar-refractivity contribution in [2.75, 3.05) is 28.7 Å². The van der Waals surface area contributed by atoms with E-state index in [0.29, 0.717) is 28.6 Å². The topological polar surface area (TPSA) is 161 Å². The van der Waals surface area contributed by atoms with Gasteiger partial charge in [-0.25, -0.2) is 28.7 Å². The standard InChI is InChI=1S/C34H42FN5O8/c1-17-21(15-37-28-27(17)40(10-11-45-28)31(43)48-33(6,7)8)20-12-19-13-24(38-29(41)46-23-14-34(9,44)18(23)2)36-16-22(19)26(25(20)35)39-30(42)47-32(3,4)5/h12-13,15-16,18,23,44H,10-11,14H2,1-9H3,(H,39,42)(H,36,38,41)/t18-,23-,34+/m0/s1. The minimum atomic E-state index is -0.913. The molecule has 3 heterocycles. The number of aromatic nitrogens is 2. The van der Waals surface area contributed by atoms with Crippen molar-refractivity contribution in [1.82, 2.24) is 9.97 Å². The average molecular weight is 668 g/mol. The van der Waals surface area contributed by atoms with Crippen LogP contribution in [0.15, 0.2) is 24.5 Å². The molecule has 48 heavy (non-hydrogen) atoms. The van der Waals surface area contributed by atoms with Crippen LogP contribution in [-0.2, 0) is 14.2 Å². The molecule has 1 saturated carbocycles. The maximum atomic E-state index is 16.6. The SMILES string of the molecule is Cc1c(-c2cc3cc(NC(=O)O[C@H]4C[C@@](C)(O)[C@H]4C)ncc3c(NC(=O)OC(C)(C)C)c2F)cnc2c1N(C(=O)OC(C)(C)C)CCO2. The first-order valence-electron chi connectivity index (χ1n) is 15.7. The molecule has 0 unspecified atom stereocenters. The highest BCUT2D eigenvalue weighted by atomic mass is 19.1. The van der Waals surface area contributed by atoms with Crippen molar-refractivity contribution in [1.29, 1.82) is 0 Å². The lowest BCUT2D eigenvalue weighted by Gasteiger charge is -2.46. The molecule has 0 radical (unpaired) electrons. The number of pyridine rings is 2. The number of aliphatic hydroxyl groups is 1. The van der Waals surface area contributed by atoms with Crippen LogP contribution < -0.4 is 20.3 Å². The van der Waals surface area contributed by atoms with Crippen LogP contribution in [0.5, 0.6) is 5.88 Å². The Morgan fingerprint density at radius 2 is 1.71 bits per heavy atom. The number of amides is 3. The third-order valence-corrected chi connectivity index (χ3v) is 8.23. The Balaban J connectivity index is 1.57. The average Bonchev–Trinajstić information content (AvgIpc) is 2.96. The van der Waals surface area contributed by atoms with Crippen molar-refractivity contribution in [2.24, 2.45) is 5.92 Å². The van der Waals surface area contributed by atoms with Gasteiger partial charge in [-0.3, -0.25) is 15.5 Å². The number of nitrogens with zero attached hydrogens (tertiary/aromatic N) is 3. The van der Waals surface area contributed by atoms with Crippen LogP contribution in [0.4, 0.5) is 36.0 Å².